The van der Waals surface area contributed by atoms with Crippen LogP contribution in [0.15, 0.2) is 65.3 Å². The summed E-state index contributed by atoms with van der Waals surface area (Å²) in [5.74, 6) is -0.199. The van der Waals surface area contributed by atoms with Crippen molar-refractivity contribution in [3.05, 3.63) is 83.2 Å². The van der Waals surface area contributed by atoms with Crippen molar-refractivity contribution in [3.8, 4) is 11.5 Å². The predicted molar refractivity (Wildman–Crippen MR) is 103 cm³/mol. The zero-order valence-electron chi connectivity index (χ0n) is 15.0. The summed E-state index contributed by atoms with van der Waals surface area (Å²) < 4.78 is 5.82. The van der Waals surface area contributed by atoms with Gasteiger partial charge in [0, 0.05) is 18.0 Å². The van der Waals surface area contributed by atoms with E-state index >= 15 is 0 Å². The molecule has 0 fully saturated rings. The summed E-state index contributed by atoms with van der Waals surface area (Å²) >= 11 is 0. The van der Waals surface area contributed by atoms with Crippen LogP contribution >= 0.6 is 0 Å². The highest BCUT2D eigenvalue weighted by Gasteiger charge is 2.36. The maximum Gasteiger partial charge on any atom is 0.261 e. The molecule has 0 saturated carbocycles. The minimum atomic E-state index is -0.322. The molecule has 0 N–H and O–H groups in total. The quantitative estimate of drug-likeness (QED) is 0.510. The monoisotopic (exact) mass is 369 g/mol. The van der Waals surface area contributed by atoms with Crippen LogP contribution in [0, 0.1) is 6.92 Å². The Hall–Kier alpha value is -3.80. The van der Waals surface area contributed by atoms with Crippen molar-refractivity contribution in [3.63, 3.8) is 0 Å². The summed E-state index contributed by atoms with van der Waals surface area (Å²) in [6.45, 7) is 2.18. The number of oxazole rings is 1. The van der Waals surface area contributed by atoms with E-state index in [0.29, 0.717) is 28.2 Å². The van der Waals surface area contributed by atoms with Crippen LogP contribution in [0.4, 0.5) is 0 Å². The molecular formula is C22H15N3O3. The number of pyridine rings is 1. The molecule has 0 aliphatic carbocycles. The van der Waals surface area contributed by atoms with E-state index in [4.69, 9.17) is 4.42 Å². The Balaban J connectivity index is 1.51. The third-order valence-electron chi connectivity index (χ3n) is 4.82. The molecule has 6 nitrogen and oxygen atoms in total. The molecule has 0 bridgehead atoms. The zero-order chi connectivity index (χ0) is 19.3. The van der Waals surface area contributed by atoms with Gasteiger partial charge in [-0.25, -0.2) is 4.98 Å². The van der Waals surface area contributed by atoms with Crippen molar-refractivity contribution < 1.29 is 14.0 Å². The Labute approximate surface area is 160 Å². The average molecular weight is 369 g/mol. The number of benzene rings is 2. The maximum atomic E-state index is 12.8. The number of aryl methyl sites for hydroxylation is 1. The number of fused-ring (bicyclic) bond motifs is 2. The van der Waals surface area contributed by atoms with Gasteiger partial charge in [-0.3, -0.25) is 19.5 Å². The Kier molecular flexibility index (Phi) is 3.58. The second-order valence-corrected chi connectivity index (χ2v) is 6.81. The number of nitrogens with zero attached hydrogens (tertiary/aromatic N) is 3. The molecule has 0 radical (unpaired) electrons. The lowest BCUT2D eigenvalue weighted by Gasteiger charge is -2.13. The number of aromatic nitrogens is 2. The first-order valence-corrected chi connectivity index (χ1v) is 8.87. The smallest absolute Gasteiger partial charge is 0.261 e. The number of imide groups is 1. The summed E-state index contributed by atoms with van der Waals surface area (Å²) in [4.78, 5) is 35.3. The topological polar surface area (TPSA) is 76.3 Å². The molecule has 0 saturated heterocycles. The molecule has 0 atom stereocenters. The van der Waals surface area contributed by atoms with Crippen LogP contribution in [0.5, 0.6) is 0 Å². The fourth-order valence-corrected chi connectivity index (χ4v) is 3.40. The minimum absolute atomic E-state index is 0.192. The summed E-state index contributed by atoms with van der Waals surface area (Å²) in [7, 11) is 0. The molecule has 6 heteroatoms. The van der Waals surface area contributed by atoms with Crippen LogP contribution < -0.4 is 0 Å². The first-order valence-electron chi connectivity index (χ1n) is 8.87. The van der Waals surface area contributed by atoms with Crippen LogP contribution in [0.2, 0.25) is 0 Å². The summed E-state index contributed by atoms with van der Waals surface area (Å²) in [5, 5.41) is 0. The number of hydrogen-bond donors (Lipinski definition) is 0. The normalized spacial score (nSPS) is 13.4. The minimum Gasteiger partial charge on any atom is -0.436 e. The van der Waals surface area contributed by atoms with Crippen LogP contribution in [0.25, 0.3) is 22.6 Å². The summed E-state index contributed by atoms with van der Waals surface area (Å²) in [5.41, 5.74) is 4.75. The molecule has 1 aliphatic heterocycles. The molecule has 3 heterocycles. The number of rotatable bonds is 3. The van der Waals surface area contributed by atoms with Gasteiger partial charge in [0.2, 0.25) is 5.89 Å². The standard InChI is InChI=1S/C22H15N3O3/c1-13-4-7-19-18(9-13)24-20(28-19)15-5-6-16-17(10-15)22(27)25(21(16)26)12-14-3-2-8-23-11-14/h2-11H,12H2,1H3. The molecule has 2 aromatic carbocycles. The van der Waals surface area contributed by atoms with Crippen molar-refractivity contribution in [2.75, 3.05) is 0 Å². The number of carbonyl (C=O) groups is 2. The third kappa shape index (κ3) is 2.58. The van der Waals surface area contributed by atoms with Gasteiger partial charge < -0.3 is 4.42 Å². The summed E-state index contributed by atoms with van der Waals surface area (Å²) in [6.07, 6.45) is 3.30. The maximum absolute atomic E-state index is 12.8. The van der Waals surface area contributed by atoms with E-state index in [9.17, 15) is 9.59 Å². The molecule has 2 amide bonds. The highest BCUT2D eigenvalue weighted by molar-refractivity contribution is 6.21. The van der Waals surface area contributed by atoms with E-state index in [0.717, 1.165) is 16.6 Å². The lowest BCUT2D eigenvalue weighted by Crippen LogP contribution is -2.29. The second-order valence-electron chi connectivity index (χ2n) is 6.81. The fraction of sp³-hybridized carbons (Fsp3) is 0.0909. The van der Waals surface area contributed by atoms with Gasteiger partial charge in [0.05, 0.1) is 17.7 Å². The molecule has 2 aromatic heterocycles. The number of carbonyl (C=O) groups excluding carboxylic acids is 2. The molecule has 0 spiro atoms. The molecule has 0 unspecified atom stereocenters. The van der Waals surface area contributed by atoms with Gasteiger partial charge in [0.15, 0.2) is 5.58 Å². The van der Waals surface area contributed by atoms with Crippen LogP contribution in [0.1, 0.15) is 31.8 Å². The third-order valence-corrected chi connectivity index (χ3v) is 4.82. The van der Waals surface area contributed by atoms with Crippen LogP contribution in [-0.4, -0.2) is 26.7 Å². The van der Waals surface area contributed by atoms with E-state index in [2.05, 4.69) is 9.97 Å². The number of amides is 2. The summed E-state index contributed by atoms with van der Waals surface area (Å²) in [6, 6.07) is 14.5. The van der Waals surface area contributed by atoms with Crippen molar-refractivity contribution in [2.24, 2.45) is 0 Å². The Morgan fingerprint density at radius 2 is 1.86 bits per heavy atom. The van der Waals surface area contributed by atoms with E-state index < -0.39 is 0 Å². The molecule has 1 aliphatic rings. The van der Waals surface area contributed by atoms with Gasteiger partial charge in [-0.15, -0.1) is 0 Å². The van der Waals surface area contributed by atoms with E-state index in [-0.39, 0.29) is 18.4 Å². The van der Waals surface area contributed by atoms with E-state index in [1.165, 1.54) is 4.90 Å². The number of hydrogen-bond acceptors (Lipinski definition) is 5. The zero-order valence-corrected chi connectivity index (χ0v) is 15.0. The molecule has 136 valence electrons. The van der Waals surface area contributed by atoms with Gasteiger partial charge in [-0.05, 0) is 54.4 Å². The van der Waals surface area contributed by atoms with Crippen LogP contribution in [-0.2, 0) is 6.54 Å². The van der Waals surface area contributed by atoms with Gasteiger partial charge in [-0.1, -0.05) is 12.1 Å². The lowest BCUT2D eigenvalue weighted by atomic mass is 10.1. The van der Waals surface area contributed by atoms with Gasteiger partial charge >= 0.3 is 0 Å². The van der Waals surface area contributed by atoms with Crippen molar-refractivity contribution in [1.82, 2.24) is 14.9 Å². The average Bonchev–Trinajstić information content (AvgIpc) is 3.23. The van der Waals surface area contributed by atoms with Gasteiger partial charge in [0.1, 0.15) is 5.52 Å². The fourth-order valence-electron chi connectivity index (χ4n) is 3.40. The van der Waals surface area contributed by atoms with Crippen LogP contribution in [0.3, 0.4) is 0 Å². The van der Waals surface area contributed by atoms with Crippen molar-refractivity contribution in [1.29, 1.82) is 0 Å². The SMILES string of the molecule is Cc1ccc2oc(-c3ccc4c(c3)C(=O)N(Cc3cccnc3)C4=O)nc2c1. The Bertz CT molecular complexity index is 1240. The Morgan fingerprint density at radius 3 is 2.68 bits per heavy atom. The van der Waals surface area contributed by atoms with E-state index in [1.807, 2.05) is 31.2 Å². The van der Waals surface area contributed by atoms with Crippen molar-refractivity contribution in [2.45, 2.75) is 13.5 Å². The molecular weight excluding hydrogens is 354 g/mol. The Morgan fingerprint density at radius 1 is 1.00 bits per heavy atom. The lowest BCUT2D eigenvalue weighted by molar-refractivity contribution is 0.0642. The predicted octanol–water partition coefficient (Wildman–Crippen LogP) is 3.99. The first-order chi connectivity index (χ1) is 13.6. The molecule has 28 heavy (non-hydrogen) atoms. The van der Waals surface area contributed by atoms with Gasteiger partial charge in [-0.2, -0.15) is 0 Å². The second kappa shape index (κ2) is 6.13. The largest absolute Gasteiger partial charge is 0.436 e. The van der Waals surface area contributed by atoms with E-state index in [1.54, 1.807) is 36.7 Å². The first kappa shape index (κ1) is 16.4. The van der Waals surface area contributed by atoms with Gasteiger partial charge in [0.25, 0.3) is 11.8 Å². The molecule has 5 rings (SSSR count). The van der Waals surface area contributed by atoms with Crippen molar-refractivity contribution >= 4 is 22.9 Å². The molecule has 4 aromatic rings. The highest BCUT2D eigenvalue weighted by Crippen LogP contribution is 2.31. The highest BCUT2D eigenvalue weighted by atomic mass is 16.3.